The summed E-state index contributed by atoms with van der Waals surface area (Å²) in [6.45, 7) is -0.0401. The van der Waals surface area contributed by atoms with Gasteiger partial charge < -0.3 is 14.9 Å². The van der Waals surface area contributed by atoms with E-state index in [1.165, 1.54) is 0 Å². The predicted octanol–water partition coefficient (Wildman–Crippen LogP) is 3.33. The minimum absolute atomic E-state index is 0.0254. The van der Waals surface area contributed by atoms with Crippen LogP contribution in [0.2, 0.25) is 5.02 Å². The number of alkyl halides is 3. The molecule has 0 radical (unpaired) electrons. The van der Waals surface area contributed by atoms with E-state index >= 15 is 0 Å². The molecule has 0 aliphatic carbocycles. The Morgan fingerprint density at radius 3 is 2.57 bits per heavy atom. The van der Waals surface area contributed by atoms with Gasteiger partial charge in [-0.15, -0.1) is 13.2 Å². The van der Waals surface area contributed by atoms with Gasteiger partial charge in [0.25, 0.3) is 0 Å². The van der Waals surface area contributed by atoms with E-state index in [-0.39, 0.29) is 23.6 Å². The third kappa shape index (κ3) is 5.68. The summed E-state index contributed by atoms with van der Waals surface area (Å²) in [4.78, 5) is 2.49. The lowest BCUT2D eigenvalue weighted by Crippen LogP contribution is -2.20. The van der Waals surface area contributed by atoms with Crippen molar-refractivity contribution in [2.45, 2.75) is 25.0 Å². The minimum atomic E-state index is -4.85. The molecule has 0 bridgehead atoms. The van der Waals surface area contributed by atoms with E-state index in [4.69, 9.17) is 17.1 Å². The first kappa shape index (κ1) is 17.4. The van der Waals surface area contributed by atoms with Crippen LogP contribution in [-0.4, -0.2) is 29.2 Å². The monoisotopic (exact) mass is 325 g/mol. The molecular formula is C11H11ClF3N3O3. The first-order chi connectivity index (χ1) is 9.74. The molecule has 1 aromatic carbocycles. The average molecular weight is 326 g/mol. The maximum atomic E-state index is 12.0. The molecule has 2 unspecified atom stereocenters. The van der Waals surface area contributed by atoms with Gasteiger partial charge in [0.1, 0.15) is 11.9 Å². The maximum absolute atomic E-state index is 12.0. The summed E-state index contributed by atoms with van der Waals surface area (Å²) in [5.41, 5.74) is 8.13. The Labute approximate surface area is 122 Å². The quantitative estimate of drug-likeness (QED) is 0.476. The molecule has 0 saturated heterocycles. The van der Waals surface area contributed by atoms with Crippen LogP contribution in [0, 0.1) is 0 Å². The van der Waals surface area contributed by atoms with Crippen molar-refractivity contribution in [2.75, 3.05) is 6.54 Å². The van der Waals surface area contributed by atoms with E-state index in [1.807, 2.05) is 0 Å². The molecule has 0 heterocycles. The van der Waals surface area contributed by atoms with E-state index in [0.29, 0.717) is 0 Å². The number of hydrogen-bond acceptors (Lipinski definition) is 4. The fraction of sp³-hybridized carbons (Fsp3) is 0.455. The molecule has 0 fully saturated rings. The Morgan fingerprint density at radius 1 is 1.38 bits per heavy atom. The SMILES string of the molecule is [N-]=[N+]=NCCC(O)C(O)c1ccc(OC(F)(F)F)cc1Cl. The molecule has 2 atom stereocenters. The Morgan fingerprint density at radius 2 is 2.05 bits per heavy atom. The predicted molar refractivity (Wildman–Crippen MR) is 67.7 cm³/mol. The van der Waals surface area contributed by atoms with Crippen molar-refractivity contribution in [1.29, 1.82) is 0 Å². The summed E-state index contributed by atoms with van der Waals surface area (Å²) >= 11 is 5.76. The number of aliphatic hydroxyl groups is 2. The Balaban J connectivity index is 2.81. The van der Waals surface area contributed by atoms with Gasteiger partial charge in [-0.3, -0.25) is 0 Å². The third-order valence-corrected chi connectivity index (χ3v) is 2.80. The highest BCUT2D eigenvalue weighted by atomic mass is 35.5. The molecule has 2 N–H and O–H groups in total. The van der Waals surface area contributed by atoms with Crippen LogP contribution >= 0.6 is 11.6 Å². The Bertz CT molecular complexity index is 535. The first-order valence-corrected chi connectivity index (χ1v) is 6.04. The molecule has 0 spiro atoms. The highest BCUT2D eigenvalue weighted by molar-refractivity contribution is 6.31. The fourth-order valence-corrected chi connectivity index (χ4v) is 1.83. The number of halogens is 4. The number of aliphatic hydroxyl groups excluding tert-OH is 2. The van der Waals surface area contributed by atoms with Gasteiger partial charge in [-0.25, -0.2) is 0 Å². The highest BCUT2D eigenvalue weighted by Gasteiger charge is 2.31. The maximum Gasteiger partial charge on any atom is 0.573 e. The van der Waals surface area contributed by atoms with Gasteiger partial charge in [0.15, 0.2) is 0 Å². The van der Waals surface area contributed by atoms with Crippen LogP contribution in [0.25, 0.3) is 10.4 Å². The fourth-order valence-electron chi connectivity index (χ4n) is 1.54. The van der Waals surface area contributed by atoms with E-state index in [9.17, 15) is 23.4 Å². The lowest BCUT2D eigenvalue weighted by Gasteiger charge is -2.19. The zero-order valence-corrected chi connectivity index (χ0v) is 11.2. The van der Waals surface area contributed by atoms with Gasteiger partial charge in [-0.05, 0) is 24.1 Å². The molecular weight excluding hydrogens is 315 g/mol. The minimum Gasteiger partial charge on any atom is -0.406 e. The summed E-state index contributed by atoms with van der Waals surface area (Å²) in [7, 11) is 0. The van der Waals surface area contributed by atoms with Crippen molar-refractivity contribution in [3.05, 3.63) is 39.2 Å². The molecule has 21 heavy (non-hydrogen) atoms. The van der Waals surface area contributed by atoms with Crippen LogP contribution in [0.15, 0.2) is 23.3 Å². The largest absolute Gasteiger partial charge is 0.573 e. The molecule has 1 rings (SSSR count). The Kier molecular flexibility index (Phi) is 6.10. The molecule has 0 aliphatic heterocycles. The summed E-state index contributed by atoms with van der Waals surface area (Å²) in [5.74, 6) is -0.535. The lowest BCUT2D eigenvalue weighted by atomic mass is 10.0. The second-order valence-corrected chi connectivity index (χ2v) is 4.39. The van der Waals surface area contributed by atoms with Crippen LogP contribution in [0.1, 0.15) is 18.1 Å². The molecule has 0 aliphatic rings. The molecule has 10 heteroatoms. The van der Waals surface area contributed by atoms with Crippen LogP contribution < -0.4 is 4.74 Å². The van der Waals surface area contributed by atoms with Crippen molar-refractivity contribution in [1.82, 2.24) is 0 Å². The number of benzene rings is 1. The smallest absolute Gasteiger partial charge is 0.406 e. The number of azide groups is 1. The van der Waals surface area contributed by atoms with Crippen molar-refractivity contribution in [2.24, 2.45) is 5.11 Å². The van der Waals surface area contributed by atoms with Gasteiger partial charge in [-0.2, -0.15) is 0 Å². The number of hydrogen-bond donors (Lipinski definition) is 2. The van der Waals surface area contributed by atoms with Crippen LogP contribution in [0.3, 0.4) is 0 Å². The summed E-state index contributed by atoms with van der Waals surface area (Å²) in [6, 6.07) is 2.97. The van der Waals surface area contributed by atoms with Gasteiger partial charge in [0, 0.05) is 17.0 Å². The van der Waals surface area contributed by atoms with E-state index in [0.717, 1.165) is 18.2 Å². The summed E-state index contributed by atoms with van der Waals surface area (Å²) in [6.07, 6.45) is -7.57. The van der Waals surface area contributed by atoms with E-state index in [1.54, 1.807) is 0 Å². The summed E-state index contributed by atoms with van der Waals surface area (Å²) in [5, 5.41) is 22.5. The van der Waals surface area contributed by atoms with E-state index in [2.05, 4.69) is 14.8 Å². The number of rotatable bonds is 6. The van der Waals surface area contributed by atoms with Crippen LogP contribution in [0.5, 0.6) is 5.75 Å². The van der Waals surface area contributed by atoms with Crippen molar-refractivity contribution >= 4 is 11.6 Å². The average Bonchev–Trinajstić information content (AvgIpc) is 2.36. The molecule has 116 valence electrons. The number of ether oxygens (including phenoxy) is 1. The van der Waals surface area contributed by atoms with Crippen molar-refractivity contribution in [3.8, 4) is 5.75 Å². The lowest BCUT2D eigenvalue weighted by molar-refractivity contribution is -0.274. The zero-order chi connectivity index (χ0) is 16.0. The second-order valence-electron chi connectivity index (χ2n) is 3.99. The normalized spacial score (nSPS) is 14.2. The third-order valence-electron chi connectivity index (χ3n) is 2.48. The van der Waals surface area contributed by atoms with Gasteiger partial charge >= 0.3 is 6.36 Å². The first-order valence-electron chi connectivity index (χ1n) is 5.67. The molecule has 0 amide bonds. The Hall–Kier alpha value is -1.67. The van der Waals surface area contributed by atoms with Crippen molar-refractivity contribution in [3.63, 3.8) is 0 Å². The van der Waals surface area contributed by atoms with Gasteiger partial charge in [0.05, 0.1) is 11.1 Å². The molecule has 0 aromatic heterocycles. The van der Waals surface area contributed by atoms with Crippen LogP contribution in [0.4, 0.5) is 13.2 Å². The van der Waals surface area contributed by atoms with E-state index < -0.39 is 24.3 Å². The second kappa shape index (κ2) is 7.37. The highest BCUT2D eigenvalue weighted by Crippen LogP contribution is 2.32. The standard InChI is InChI=1S/C11H11ClF3N3O3/c12-8-5-6(21-11(13,14)15)1-2-7(8)10(20)9(19)3-4-17-18-16/h1-2,5,9-10,19-20H,3-4H2. The topological polar surface area (TPSA) is 98.5 Å². The van der Waals surface area contributed by atoms with Crippen LogP contribution in [-0.2, 0) is 0 Å². The number of nitrogens with zero attached hydrogens (tertiary/aromatic N) is 3. The van der Waals surface area contributed by atoms with Gasteiger partial charge in [-0.1, -0.05) is 22.8 Å². The van der Waals surface area contributed by atoms with Crippen molar-refractivity contribution < 1.29 is 28.1 Å². The summed E-state index contributed by atoms with van der Waals surface area (Å²) < 4.78 is 39.8. The molecule has 1 aromatic rings. The molecule has 6 nitrogen and oxygen atoms in total. The van der Waals surface area contributed by atoms with Gasteiger partial charge in [0.2, 0.25) is 0 Å². The molecule has 0 saturated carbocycles. The zero-order valence-electron chi connectivity index (χ0n) is 10.5.